The average Bonchev–Trinajstić information content (AvgIpc) is 3.35. The maximum atomic E-state index is 13.5. The lowest BCUT2D eigenvalue weighted by Crippen LogP contribution is -2.37. The van der Waals surface area contributed by atoms with Gasteiger partial charge in [-0.05, 0) is 29.8 Å². The van der Waals surface area contributed by atoms with Gasteiger partial charge in [-0.15, -0.1) is 0 Å². The molecule has 2 N–H and O–H groups in total. The van der Waals surface area contributed by atoms with E-state index in [1.54, 1.807) is 0 Å². The van der Waals surface area contributed by atoms with Gasteiger partial charge < -0.3 is 15.4 Å². The van der Waals surface area contributed by atoms with Crippen molar-refractivity contribution in [2.45, 2.75) is 18.7 Å². The van der Waals surface area contributed by atoms with Gasteiger partial charge >= 0.3 is 12.2 Å². The van der Waals surface area contributed by atoms with Gasteiger partial charge in [0, 0.05) is 6.42 Å². The highest BCUT2D eigenvalue weighted by Crippen LogP contribution is 2.36. The van der Waals surface area contributed by atoms with Crippen molar-refractivity contribution in [3.05, 3.63) is 66.2 Å². The molecule has 2 heterocycles. The number of ether oxygens (including phenoxy) is 1. The van der Waals surface area contributed by atoms with Crippen molar-refractivity contribution in [1.29, 1.82) is 0 Å². The number of fused-ring (bicyclic) bond motifs is 1. The lowest BCUT2D eigenvalue weighted by Gasteiger charge is -2.17. The number of hydrogen-bond donors (Lipinski definition) is 2. The third-order valence-electron chi connectivity index (χ3n) is 4.44. The second-order valence-corrected chi connectivity index (χ2v) is 6.45. The van der Waals surface area contributed by atoms with Crippen LogP contribution in [0.25, 0.3) is 5.69 Å². The molecule has 4 rings (SSSR count). The molecule has 0 saturated heterocycles. The first-order valence-electron chi connectivity index (χ1n) is 8.76. The van der Waals surface area contributed by atoms with Crippen molar-refractivity contribution >= 4 is 11.7 Å². The molecule has 1 aliphatic rings. The van der Waals surface area contributed by atoms with E-state index in [1.165, 1.54) is 29.5 Å². The number of benzene rings is 2. The van der Waals surface area contributed by atoms with Crippen LogP contribution in [0.15, 0.2) is 55.1 Å². The summed E-state index contributed by atoms with van der Waals surface area (Å²) in [6.45, 7) is 0.166. The van der Waals surface area contributed by atoms with Crippen LogP contribution >= 0.6 is 0 Å². The fraction of sp³-hybridized carbons (Fsp3) is 0.211. The highest BCUT2D eigenvalue weighted by Gasteiger charge is 2.34. The van der Waals surface area contributed by atoms with Crippen LogP contribution in [0.1, 0.15) is 11.1 Å². The maximum absolute atomic E-state index is 13.5. The van der Waals surface area contributed by atoms with Crippen LogP contribution in [-0.4, -0.2) is 33.4 Å². The highest BCUT2D eigenvalue weighted by molar-refractivity contribution is 5.90. The summed E-state index contributed by atoms with van der Waals surface area (Å²) in [4.78, 5) is 15.9. The van der Waals surface area contributed by atoms with Crippen molar-refractivity contribution in [3.8, 4) is 11.4 Å². The van der Waals surface area contributed by atoms with Crippen molar-refractivity contribution in [2.75, 3.05) is 11.9 Å². The van der Waals surface area contributed by atoms with Crippen molar-refractivity contribution in [3.63, 3.8) is 0 Å². The number of halogens is 3. The van der Waals surface area contributed by atoms with Crippen LogP contribution in [0.5, 0.6) is 5.75 Å². The molecule has 1 atom stereocenters. The van der Waals surface area contributed by atoms with Gasteiger partial charge in [0.1, 0.15) is 24.5 Å². The molecule has 1 aromatic heterocycles. The molecule has 0 fully saturated rings. The Morgan fingerprint density at radius 2 is 2.07 bits per heavy atom. The normalized spacial score (nSPS) is 15.5. The minimum Gasteiger partial charge on any atom is -0.488 e. The molecular formula is C19H16F3N5O2. The Labute approximate surface area is 163 Å². The molecule has 0 spiro atoms. The molecule has 7 nitrogen and oxygen atoms in total. The fourth-order valence-corrected chi connectivity index (χ4v) is 3.10. The molecule has 2 aromatic carbocycles. The van der Waals surface area contributed by atoms with E-state index in [0.29, 0.717) is 6.42 Å². The number of aromatic nitrogens is 3. The Hall–Kier alpha value is -3.56. The van der Waals surface area contributed by atoms with Crippen LogP contribution in [0.2, 0.25) is 0 Å². The molecule has 0 unspecified atom stereocenters. The van der Waals surface area contributed by atoms with E-state index in [-0.39, 0.29) is 24.0 Å². The molecule has 10 heteroatoms. The summed E-state index contributed by atoms with van der Waals surface area (Å²) in [5, 5.41) is 8.64. The van der Waals surface area contributed by atoms with Crippen LogP contribution in [0, 0.1) is 0 Å². The number of carbonyl (C=O) groups is 1. The maximum Gasteiger partial charge on any atom is 0.418 e. The predicted molar refractivity (Wildman–Crippen MR) is 97.9 cm³/mol. The highest BCUT2D eigenvalue weighted by atomic mass is 19.4. The van der Waals surface area contributed by atoms with Gasteiger partial charge in [-0.2, -0.15) is 18.3 Å². The number of alkyl halides is 3. The lowest BCUT2D eigenvalue weighted by molar-refractivity contribution is -0.136. The number of urea groups is 1. The number of hydrogen-bond acceptors (Lipinski definition) is 4. The zero-order valence-corrected chi connectivity index (χ0v) is 15.0. The second kappa shape index (κ2) is 7.46. The molecule has 0 bridgehead atoms. The smallest absolute Gasteiger partial charge is 0.418 e. The van der Waals surface area contributed by atoms with Gasteiger partial charge in [0.15, 0.2) is 0 Å². The van der Waals surface area contributed by atoms with Crippen LogP contribution in [0.3, 0.4) is 0 Å². The third kappa shape index (κ3) is 4.15. The zero-order chi connectivity index (χ0) is 20.4. The second-order valence-electron chi connectivity index (χ2n) is 6.45. The van der Waals surface area contributed by atoms with E-state index in [2.05, 4.69) is 20.7 Å². The summed E-state index contributed by atoms with van der Waals surface area (Å²) in [7, 11) is 0. The monoisotopic (exact) mass is 403 g/mol. The number of nitrogens with zero attached hydrogens (tertiary/aromatic N) is 3. The topological polar surface area (TPSA) is 81.1 Å². The minimum absolute atomic E-state index is 0.166. The summed E-state index contributed by atoms with van der Waals surface area (Å²) in [6.07, 6.45) is -1.80. The third-order valence-corrected chi connectivity index (χ3v) is 4.44. The van der Waals surface area contributed by atoms with E-state index < -0.39 is 17.8 Å². The number of nitrogens with one attached hydrogen (secondary N) is 2. The minimum atomic E-state index is -4.66. The molecule has 150 valence electrons. The van der Waals surface area contributed by atoms with Crippen molar-refractivity contribution in [2.24, 2.45) is 0 Å². The molecule has 29 heavy (non-hydrogen) atoms. The van der Waals surface area contributed by atoms with E-state index in [4.69, 9.17) is 4.74 Å². The standard InChI is InChI=1S/C19H16F3N5O2/c20-19(21,22)15-8-13(27-11-23-10-25-27)5-6-16(15)26-18(28)24-9-14-7-12-3-1-2-4-17(12)29-14/h1-6,8,10-11,14H,7,9H2,(H2,24,26,28)/t14-/m1/s1. The lowest BCUT2D eigenvalue weighted by atomic mass is 10.1. The molecule has 1 aliphatic heterocycles. The molecule has 0 aliphatic carbocycles. The Kier molecular flexibility index (Phi) is 4.83. The Morgan fingerprint density at radius 1 is 1.24 bits per heavy atom. The van der Waals surface area contributed by atoms with Crippen molar-refractivity contribution < 1.29 is 22.7 Å². The van der Waals surface area contributed by atoms with Gasteiger partial charge in [-0.3, -0.25) is 0 Å². The largest absolute Gasteiger partial charge is 0.488 e. The summed E-state index contributed by atoms with van der Waals surface area (Å²) < 4.78 is 47.3. The van der Waals surface area contributed by atoms with E-state index in [1.807, 2.05) is 24.3 Å². The first-order valence-corrected chi connectivity index (χ1v) is 8.76. The molecule has 2 amide bonds. The average molecular weight is 403 g/mol. The number of rotatable bonds is 4. The van der Waals surface area contributed by atoms with E-state index >= 15 is 0 Å². The molecule has 0 saturated carbocycles. The molecule has 0 radical (unpaired) electrons. The first-order chi connectivity index (χ1) is 13.9. The van der Waals surface area contributed by atoms with Gasteiger partial charge in [-0.25, -0.2) is 14.5 Å². The zero-order valence-electron chi connectivity index (χ0n) is 15.0. The van der Waals surface area contributed by atoms with E-state index in [9.17, 15) is 18.0 Å². The number of carbonyl (C=O) groups excluding carboxylic acids is 1. The van der Waals surface area contributed by atoms with Gasteiger partial charge in [0.2, 0.25) is 0 Å². The summed E-state index contributed by atoms with van der Waals surface area (Å²) in [6, 6.07) is 10.3. The van der Waals surface area contributed by atoms with Crippen LogP contribution in [-0.2, 0) is 12.6 Å². The number of anilines is 1. The number of para-hydroxylation sites is 1. The van der Waals surface area contributed by atoms with Gasteiger partial charge in [0.05, 0.1) is 23.5 Å². The van der Waals surface area contributed by atoms with E-state index in [0.717, 1.165) is 17.4 Å². The number of amides is 2. The summed E-state index contributed by atoms with van der Waals surface area (Å²) in [5.41, 5.74) is -0.125. The van der Waals surface area contributed by atoms with Crippen LogP contribution in [0.4, 0.5) is 23.7 Å². The fourth-order valence-electron chi connectivity index (χ4n) is 3.10. The summed E-state index contributed by atoms with van der Waals surface area (Å²) >= 11 is 0. The first kappa shape index (κ1) is 18.8. The van der Waals surface area contributed by atoms with Crippen LogP contribution < -0.4 is 15.4 Å². The van der Waals surface area contributed by atoms with Gasteiger partial charge in [-0.1, -0.05) is 18.2 Å². The molecular weight excluding hydrogens is 387 g/mol. The SMILES string of the molecule is O=C(NC[C@H]1Cc2ccccc2O1)Nc1ccc(-n2cncn2)cc1C(F)(F)F. The molecule has 3 aromatic rings. The Balaban J connectivity index is 1.42. The Morgan fingerprint density at radius 3 is 2.79 bits per heavy atom. The summed E-state index contributed by atoms with van der Waals surface area (Å²) in [5.74, 6) is 0.753. The predicted octanol–water partition coefficient (Wildman–Crippen LogP) is 3.41. The van der Waals surface area contributed by atoms with Gasteiger partial charge in [0.25, 0.3) is 0 Å². The van der Waals surface area contributed by atoms with Crippen molar-refractivity contribution in [1.82, 2.24) is 20.1 Å². The quantitative estimate of drug-likeness (QED) is 0.700. The Bertz CT molecular complexity index is 996.